The summed E-state index contributed by atoms with van der Waals surface area (Å²) in [7, 11) is 3.44. The van der Waals surface area contributed by atoms with Crippen LogP contribution in [0.4, 0.5) is 15.8 Å². The largest absolute Gasteiger partial charge is 0.383 e. The van der Waals surface area contributed by atoms with Gasteiger partial charge in [-0.3, -0.25) is 9.78 Å². The van der Waals surface area contributed by atoms with Crippen LogP contribution >= 0.6 is 11.6 Å². The molecule has 1 amide bonds. The fourth-order valence-corrected chi connectivity index (χ4v) is 5.26. The maximum Gasteiger partial charge on any atom is 0.250 e. The number of benzene rings is 1. The van der Waals surface area contributed by atoms with Crippen LogP contribution in [0, 0.1) is 29.6 Å². The second-order valence-electron chi connectivity index (χ2n) is 12.1. The van der Waals surface area contributed by atoms with Crippen LogP contribution in [-0.4, -0.2) is 56.4 Å². The second kappa shape index (κ2) is 10.8. The van der Waals surface area contributed by atoms with E-state index < -0.39 is 17.5 Å². The van der Waals surface area contributed by atoms with Gasteiger partial charge in [0.25, 0.3) is 0 Å². The Hall–Kier alpha value is -4.30. The standard InChI is InChI=1S/C30H33ClFN9O/c1-17-20(7-8-24(32)36-17)27(23-15-41(39-38-23)30(9-10-30)28(42)40(5)6)37-19-11-21-25(35-16-29(2,3)4)18(13-33)14-34-26(21)22(31)12-19/h7-8,11-12,14-15,27,37H,9-10,16H2,1-6H3,(H,34,35). The lowest BCUT2D eigenvalue weighted by atomic mass is 9.96. The number of nitriles is 1. The summed E-state index contributed by atoms with van der Waals surface area (Å²) in [6.07, 6.45) is 4.61. The first kappa shape index (κ1) is 29.2. The van der Waals surface area contributed by atoms with E-state index in [1.807, 2.05) is 6.07 Å². The van der Waals surface area contributed by atoms with Gasteiger partial charge >= 0.3 is 0 Å². The number of aromatic nitrogens is 5. The summed E-state index contributed by atoms with van der Waals surface area (Å²) >= 11 is 6.73. The average molecular weight is 590 g/mol. The van der Waals surface area contributed by atoms with Crippen LogP contribution in [0.3, 0.4) is 0 Å². The van der Waals surface area contributed by atoms with Crippen molar-refractivity contribution >= 4 is 39.8 Å². The molecule has 1 unspecified atom stereocenters. The molecule has 1 saturated carbocycles. The Morgan fingerprint density at radius 2 is 2.02 bits per heavy atom. The molecule has 1 aromatic carbocycles. The molecule has 1 atom stereocenters. The fourth-order valence-electron chi connectivity index (χ4n) is 4.99. The number of nitrogens with one attached hydrogen (secondary N) is 2. The molecule has 1 fully saturated rings. The molecule has 42 heavy (non-hydrogen) atoms. The Morgan fingerprint density at radius 1 is 1.29 bits per heavy atom. The Bertz CT molecular complexity index is 1720. The van der Waals surface area contributed by atoms with Gasteiger partial charge in [0.2, 0.25) is 11.9 Å². The molecular weight excluding hydrogens is 557 g/mol. The van der Waals surface area contributed by atoms with Crippen LogP contribution in [-0.2, 0) is 10.3 Å². The van der Waals surface area contributed by atoms with Gasteiger partial charge in [-0.1, -0.05) is 43.7 Å². The Balaban J connectivity index is 1.60. The monoisotopic (exact) mass is 589 g/mol. The molecule has 2 N–H and O–H groups in total. The van der Waals surface area contributed by atoms with Gasteiger partial charge < -0.3 is 15.5 Å². The van der Waals surface area contributed by atoms with E-state index in [-0.39, 0.29) is 11.3 Å². The number of aryl methyl sites for hydroxylation is 1. The summed E-state index contributed by atoms with van der Waals surface area (Å²) in [5.41, 5.74) is 3.10. The van der Waals surface area contributed by atoms with Gasteiger partial charge in [-0.25, -0.2) is 9.67 Å². The smallest absolute Gasteiger partial charge is 0.250 e. The third kappa shape index (κ3) is 5.59. The first-order chi connectivity index (χ1) is 19.8. The van der Waals surface area contributed by atoms with E-state index in [9.17, 15) is 14.4 Å². The molecule has 5 rings (SSSR count). The zero-order valence-corrected chi connectivity index (χ0v) is 25.2. The number of nitrogens with zero attached hydrogens (tertiary/aromatic N) is 7. The number of hydrogen-bond acceptors (Lipinski definition) is 8. The third-order valence-corrected chi connectivity index (χ3v) is 7.62. The summed E-state index contributed by atoms with van der Waals surface area (Å²) < 4.78 is 15.6. The summed E-state index contributed by atoms with van der Waals surface area (Å²) in [4.78, 5) is 23.0. The summed E-state index contributed by atoms with van der Waals surface area (Å²) in [5, 5.41) is 26.6. The van der Waals surface area contributed by atoms with Crippen molar-refractivity contribution in [2.75, 3.05) is 31.3 Å². The highest BCUT2D eigenvalue weighted by molar-refractivity contribution is 6.35. The number of amides is 1. The minimum Gasteiger partial charge on any atom is -0.383 e. The van der Waals surface area contributed by atoms with Crippen molar-refractivity contribution in [1.29, 1.82) is 5.26 Å². The number of carbonyl (C=O) groups excluding carboxylic acids is 1. The lowest BCUT2D eigenvalue weighted by molar-refractivity contribution is -0.134. The van der Waals surface area contributed by atoms with Crippen molar-refractivity contribution in [3.8, 4) is 6.07 Å². The van der Waals surface area contributed by atoms with Gasteiger partial charge in [0.15, 0.2) is 0 Å². The van der Waals surface area contributed by atoms with Crippen molar-refractivity contribution in [3.63, 3.8) is 0 Å². The van der Waals surface area contributed by atoms with Crippen LogP contribution in [0.15, 0.2) is 36.7 Å². The van der Waals surface area contributed by atoms with E-state index in [2.05, 4.69) is 57.8 Å². The fraction of sp³-hybridized carbons (Fsp3) is 0.400. The lowest BCUT2D eigenvalue weighted by Gasteiger charge is -2.23. The summed E-state index contributed by atoms with van der Waals surface area (Å²) in [6.45, 7) is 8.65. The number of likely N-dealkylation sites (N-methyl/N-ethyl adjacent to an activating group) is 1. The molecule has 218 valence electrons. The zero-order chi connectivity index (χ0) is 30.4. The van der Waals surface area contributed by atoms with Crippen LogP contribution in [0.5, 0.6) is 0 Å². The van der Waals surface area contributed by atoms with Gasteiger partial charge in [0.05, 0.1) is 34.0 Å². The zero-order valence-electron chi connectivity index (χ0n) is 24.5. The Labute approximate surface area is 248 Å². The number of hydrogen-bond donors (Lipinski definition) is 2. The molecule has 1 aliphatic rings. The van der Waals surface area contributed by atoms with Crippen LogP contribution in [0.2, 0.25) is 5.02 Å². The molecule has 0 bridgehead atoms. The molecule has 1 aliphatic carbocycles. The van der Waals surface area contributed by atoms with E-state index in [1.54, 1.807) is 48.9 Å². The van der Waals surface area contributed by atoms with Crippen LogP contribution in [0.25, 0.3) is 10.9 Å². The molecular formula is C30H33ClFN9O. The van der Waals surface area contributed by atoms with Crippen LogP contribution in [0.1, 0.15) is 62.2 Å². The predicted molar refractivity (Wildman–Crippen MR) is 160 cm³/mol. The molecule has 0 radical (unpaired) electrons. The van der Waals surface area contributed by atoms with Crippen molar-refractivity contribution in [3.05, 3.63) is 70.1 Å². The van der Waals surface area contributed by atoms with E-state index in [0.717, 1.165) is 0 Å². The first-order valence-electron chi connectivity index (χ1n) is 13.6. The maximum absolute atomic E-state index is 14.0. The number of halogens is 2. The van der Waals surface area contributed by atoms with Gasteiger partial charge in [-0.2, -0.15) is 9.65 Å². The van der Waals surface area contributed by atoms with Gasteiger partial charge in [0, 0.05) is 49.2 Å². The van der Waals surface area contributed by atoms with Crippen molar-refractivity contribution < 1.29 is 9.18 Å². The van der Waals surface area contributed by atoms with Crippen molar-refractivity contribution in [1.82, 2.24) is 29.9 Å². The molecule has 12 heteroatoms. The van der Waals surface area contributed by atoms with E-state index in [0.29, 0.717) is 69.2 Å². The number of carbonyl (C=O) groups is 1. The number of rotatable bonds is 8. The highest BCUT2D eigenvalue weighted by atomic mass is 35.5. The second-order valence-corrected chi connectivity index (χ2v) is 12.5. The molecule has 3 heterocycles. The number of fused-ring (bicyclic) bond motifs is 1. The molecule has 3 aromatic heterocycles. The Morgan fingerprint density at radius 3 is 2.64 bits per heavy atom. The van der Waals surface area contributed by atoms with E-state index >= 15 is 0 Å². The molecule has 0 saturated heterocycles. The van der Waals surface area contributed by atoms with Gasteiger partial charge in [-0.15, -0.1) is 5.10 Å². The Kier molecular flexibility index (Phi) is 7.53. The molecule has 0 aliphatic heterocycles. The van der Waals surface area contributed by atoms with Crippen molar-refractivity contribution in [2.24, 2.45) is 5.41 Å². The highest BCUT2D eigenvalue weighted by Crippen LogP contribution is 2.45. The topological polar surface area (TPSA) is 125 Å². The minimum absolute atomic E-state index is 0.0412. The number of pyridine rings is 2. The SMILES string of the molecule is Cc1nc(F)ccc1C(Nc1cc(Cl)c2ncc(C#N)c(NCC(C)(C)C)c2c1)c1cn(C2(C(=O)N(C)C)CC2)nn1. The lowest BCUT2D eigenvalue weighted by Crippen LogP contribution is -2.38. The minimum atomic E-state index is -0.755. The van der Waals surface area contributed by atoms with Crippen molar-refractivity contribution in [2.45, 2.75) is 52.1 Å². The average Bonchev–Trinajstić information content (AvgIpc) is 3.58. The van der Waals surface area contributed by atoms with Gasteiger partial charge in [-0.05, 0) is 43.4 Å². The molecule has 4 aromatic rings. The molecule has 0 spiro atoms. The molecule has 10 nitrogen and oxygen atoms in total. The van der Waals surface area contributed by atoms with Crippen LogP contribution < -0.4 is 10.6 Å². The summed E-state index contributed by atoms with van der Waals surface area (Å²) in [5.74, 6) is -0.633. The van der Waals surface area contributed by atoms with Gasteiger partial charge in [0.1, 0.15) is 17.3 Å². The highest BCUT2D eigenvalue weighted by Gasteiger charge is 2.54. The first-order valence-corrected chi connectivity index (χ1v) is 14.0. The van der Waals surface area contributed by atoms with E-state index in [1.165, 1.54) is 12.3 Å². The quantitative estimate of drug-likeness (QED) is 0.261. The normalized spacial score (nSPS) is 14.7. The maximum atomic E-state index is 14.0. The number of anilines is 2. The third-order valence-electron chi connectivity index (χ3n) is 7.33. The predicted octanol–water partition coefficient (Wildman–Crippen LogP) is 5.43. The summed E-state index contributed by atoms with van der Waals surface area (Å²) in [6, 6.07) is 8.19. The van der Waals surface area contributed by atoms with E-state index in [4.69, 9.17) is 11.6 Å².